The number of furan rings is 1. The molecule has 2 heterocycles. The van der Waals surface area contributed by atoms with Gasteiger partial charge in [0.05, 0.1) is 11.8 Å². The van der Waals surface area contributed by atoms with E-state index >= 15 is 0 Å². The van der Waals surface area contributed by atoms with Gasteiger partial charge < -0.3 is 8.97 Å². The number of carbonyl (C=O) groups excluding carboxylic acids is 1. The molecule has 0 atom stereocenters. The average Bonchev–Trinajstić information content (AvgIpc) is 2.88. The SMILES string of the molecule is O=C(N/N=C/c1ccc(S(=O)(=O)[O-])o1)c1cccnc1. The molecule has 9 heteroatoms. The molecule has 0 aliphatic heterocycles. The molecule has 104 valence electrons. The van der Waals surface area contributed by atoms with Gasteiger partial charge in [-0.3, -0.25) is 9.78 Å². The summed E-state index contributed by atoms with van der Waals surface area (Å²) in [5.41, 5.74) is 2.51. The van der Waals surface area contributed by atoms with E-state index in [1.807, 2.05) is 0 Å². The van der Waals surface area contributed by atoms with Gasteiger partial charge in [-0.25, -0.2) is 13.8 Å². The van der Waals surface area contributed by atoms with Crippen LogP contribution in [0.3, 0.4) is 0 Å². The number of aromatic nitrogens is 1. The summed E-state index contributed by atoms with van der Waals surface area (Å²) in [6.45, 7) is 0. The van der Waals surface area contributed by atoms with Crippen molar-refractivity contribution in [3.63, 3.8) is 0 Å². The van der Waals surface area contributed by atoms with Crippen LogP contribution in [0.5, 0.6) is 0 Å². The first kappa shape index (κ1) is 13.9. The largest absolute Gasteiger partial charge is 0.742 e. The summed E-state index contributed by atoms with van der Waals surface area (Å²) in [6.07, 6.45) is 3.95. The first-order chi connectivity index (χ1) is 9.47. The van der Waals surface area contributed by atoms with Crippen molar-refractivity contribution in [1.82, 2.24) is 10.4 Å². The third kappa shape index (κ3) is 3.49. The van der Waals surface area contributed by atoms with Gasteiger partial charge in [-0.1, -0.05) is 0 Å². The fourth-order valence-corrected chi connectivity index (χ4v) is 1.69. The minimum Gasteiger partial charge on any atom is -0.742 e. The molecule has 0 bridgehead atoms. The summed E-state index contributed by atoms with van der Waals surface area (Å²) < 4.78 is 36.7. The van der Waals surface area contributed by atoms with E-state index in [2.05, 4.69) is 15.5 Å². The van der Waals surface area contributed by atoms with Gasteiger partial charge in [-0.2, -0.15) is 5.10 Å². The summed E-state index contributed by atoms with van der Waals surface area (Å²) >= 11 is 0. The van der Waals surface area contributed by atoms with Crippen LogP contribution < -0.4 is 5.43 Å². The van der Waals surface area contributed by atoms with Crippen LogP contribution in [0.15, 0.2) is 51.3 Å². The van der Waals surface area contributed by atoms with Crippen molar-refractivity contribution in [3.8, 4) is 0 Å². The number of hydrogen-bond acceptors (Lipinski definition) is 7. The van der Waals surface area contributed by atoms with Gasteiger partial charge in [0.25, 0.3) is 5.91 Å². The van der Waals surface area contributed by atoms with Crippen LogP contribution in [0, 0.1) is 0 Å². The zero-order valence-electron chi connectivity index (χ0n) is 9.89. The van der Waals surface area contributed by atoms with Gasteiger partial charge in [-0.05, 0) is 24.3 Å². The maximum atomic E-state index is 11.6. The van der Waals surface area contributed by atoms with E-state index in [1.54, 1.807) is 12.1 Å². The number of carbonyl (C=O) groups is 1. The highest BCUT2D eigenvalue weighted by molar-refractivity contribution is 7.85. The molecule has 0 spiro atoms. The molecule has 20 heavy (non-hydrogen) atoms. The number of rotatable bonds is 4. The maximum absolute atomic E-state index is 11.6. The topological polar surface area (TPSA) is 125 Å². The van der Waals surface area contributed by atoms with Crippen LogP contribution in [0.2, 0.25) is 0 Å². The second-order valence-corrected chi connectivity index (χ2v) is 4.86. The molecule has 0 fully saturated rings. The molecular formula is C11H8N3O5S-. The number of nitrogens with one attached hydrogen (secondary N) is 1. The zero-order valence-corrected chi connectivity index (χ0v) is 10.7. The Morgan fingerprint density at radius 1 is 1.40 bits per heavy atom. The minimum atomic E-state index is -4.64. The van der Waals surface area contributed by atoms with Crippen LogP contribution >= 0.6 is 0 Å². The predicted octanol–water partition coefficient (Wildman–Crippen LogP) is 0.343. The average molecular weight is 294 g/mol. The lowest BCUT2D eigenvalue weighted by Crippen LogP contribution is -2.17. The van der Waals surface area contributed by atoms with Crippen LogP contribution in [0.4, 0.5) is 0 Å². The Kier molecular flexibility index (Phi) is 3.91. The highest BCUT2D eigenvalue weighted by Gasteiger charge is 2.07. The van der Waals surface area contributed by atoms with Crippen LogP contribution in [0.1, 0.15) is 16.1 Å². The van der Waals surface area contributed by atoms with E-state index in [0.29, 0.717) is 5.56 Å². The van der Waals surface area contributed by atoms with E-state index in [0.717, 1.165) is 12.3 Å². The number of nitrogens with zero attached hydrogens (tertiary/aromatic N) is 2. The zero-order chi connectivity index (χ0) is 14.6. The van der Waals surface area contributed by atoms with E-state index in [9.17, 15) is 17.8 Å². The predicted molar refractivity (Wildman–Crippen MR) is 66.0 cm³/mol. The quantitative estimate of drug-likeness (QED) is 0.492. The second kappa shape index (κ2) is 5.63. The Hall–Kier alpha value is -2.52. The Morgan fingerprint density at radius 2 is 2.20 bits per heavy atom. The monoisotopic (exact) mass is 294 g/mol. The molecule has 1 N–H and O–H groups in total. The molecule has 8 nitrogen and oxygen atoms in total. The minimum absolute atomic E-state index is 0.0194. The molecule has 2 aromatic rings. The van der Waals surface area contributed by atoms with Crippen molar-refractivity contribution in [2.75, 3.05) is 0 Å². The van der Waals surface area contributed by atoms with Gasteiger partial charge in [0.15, 0.2) is 10.1 Å². The Bertz CT molecular complexity index is 736. The number of hydrogen-bond donors (Lipinski definition) is 1. The van der Waals surface area contributed by atoms with Crippen molar-refractivity contribution in [1.29, 1.82) is 0 Å². The molecule has 1 amide bonds. The summed E-state index contributed by atoms with van der Waals surface area (Å²) in [6, 6.07) is 5.39. The van der Waals surface area contributed by atoms with Crippen molar-refractivity contribution < 1.29 is 22.2 Å². The Balaban J connectivity index is 2.01. The fraction of sp³-hybridized carbons (Fsp3) is 0. The van der Waals surface area contributed by atoms with Gasteiger partial charge in [-0.15, -0.1) is 0 Å². The Labute approximate surface area is 113 Å². The van der Waals surface area contributed by atoms with Crippen molar-refractivity contribution >= 4 is 22.2 Å². The van der Waals surface area contributed by atoms with E-state index in [1.165, 1.54) is 18.5 Å². The first-order valence-electron chi connectivity index (χ1n) is 5.26. The Morgan fingerprint density at radius 3 is 2.80 bits per heavy atom. The van der Waals surface area contributed by atoms with Gasteiger partial charge in [0, 0.05) is 12.4 Å². The number of amides is 1. The first-order valence-corrected chi connectivity index (χ1v) is 6.67. The van der Waals surface area contributed by atoms with Crippen molar-refractivity contribution in [3.05, 3.63) is 48.0 Å². The maximum Gasteiger partial charge on any atom is 0.272 e. The van der Waals surface area contributed by atoms with E-state index in [4.69, 9.17) is 4.42 Å². The molecule has 0 aliphatic rings. The number of hydrazone groups is 1. The van der Waals surface area contributed by atoms with Crippen LogP contribution in [-0.4, -0.2) is 30.1 Å². The second-order valence-electron chi connectivity index (χ2n) is 3.55. The molecule has 0 aliphatic carbocycles. The third-order valence-corrected chi connectivity index (χ3v) is 2.84. The smallest absolute Gasteiger partial charge is 0.272 e. The summed E-state index contributed by atoms with van der Waals surface area (Å²) in [7, 11) is -4.64. The highest BCUT2D eigenvalue weighted by atomic mass is 32.2. The molecule has 0 saturated carbocycles. The lowest BCUT2D eigenvalue weighted by molar-refractivity contribution is 0.0954. The lowest BCUT2D eigenvalue weighted by Gasteiger charge is -2.00. The van der Waals surface area contributed by atoms with Crippen molar-refractivity contribution in [2.45, 2.75) is 5.09 Å². The van der Waals surface area contributed by atoms with Crippen LogP contribution in [0.25, 0.3) is 0 Å². The van der Waals surface area contributed by atoms with Gasteiger partial charge >= 0.3 is 0 Å². The van der Waals surface area contributed by atoms with Crippen molar-refractivity contribution in [2.24, 2.45) is 5.10 Å². The van der Waals surface area contributed by atoms with Gasteiger partial charge in [0.2, 0.25) is 5.09 Å². The standard InChI is InChI=1S/C11H9N3O5S/c15-11(8-2-1-5-12-6-8)14-13-7-9-3-4-10(19-9)20(16,17)18/h1-7H,(H,14,15)(H,16,17,18)/p-1/b13-7+. The third-order valence-electron chi connectivity index (χ3n) is 2.13. The molecule has 2 rings (SSSR count). The molecule has 0 aromatic carbocycles. The fourth-order valence-electron chi connectivity index (χ4n) is 1.25. The van der Waals surface area contributed by atoms with Crippen LogP contribution in [-0.2, 0) is 10.1 Å². The molecule has 0 unspecified atom stereocenters. The molecular weight excluding hydrogens is 286 g/mol. The lowest BCUT2D eigenvalue weighted by atomic mass is 10.3. The van der Waals surface area contributed by atoms with Gasteiger partial charge in [0.1, 0.15) is 5.76 Å². The van der Waals surface area contributed by atoms with E-state index < -0.39 is 21.1 Å². The van der Waals surface area contributed by atoms with E-state index in [-0.39, 0.29) is 5.76 Å². The normalized spacial score (nSPS) is 11.7. The molecule has 2 aromatic heterocycles. The summed E-state index contributed by atoms with van der Waals surface area (Å²) in [5.74, 6) is -0.469. The highest BCUT2D eigenvalue weighted by Crippen LogP contribution is 2.11. The summed E-state index contributed by atoms with van der Waals surface area (Å²) in [5, 5.41) is 2.86. The summed E-state index contributed by atoms with van der Waals surface area (Å²) in [4.78, 5) is 15.3. The number of pyridine rings is 1. The molecule has 0 radical (unpaired) electrons. The molecule has 0 saturated heterocycles.